The van der Waals surface area contributed by atoms with Gasteiger partial charge in [-0.25, -0.2) is 4.98 Å². The van der Waals surface area contributed by atoms with Gasteiger partial charge in [-0.05, 0) is 43.5 Å². The molecule has 1 aliphatic heterocycles. The zero-order valence-electron chi connectivity index (χ0n) is 16.1. The summed E-state index contributed by atoms with van der Waals surface area (Å²) in [6.45, 7) is 6.32. The first kappa shape index (κ1) is 18.0. The van der Waals surface area contributed by atoms with Gasteiger partial charge in [0.25, 0.3) is 0 Å². The van der Waals surface area contributed by atoms with E-state index in [4.69, 9.17) is 4.74 Å². The second kappa shape index (κ2) is 8.53. The zero-order valence-corrected chi connectivity index (χ0v) is 16.1. The van der Waals surface area contributed by atoms with Crippen LogP contribution in [-0.4, -0.2) is 39.5 Å². The Morgan fingerprint density at radius 3 is 2.89 bits per heavy atom. The van der Waals surface area contributed by atoms with Gasteiger partial charge in [0.1, 0.15) is 0 Å². The summed E-state index contributed by atoms with van der Waals surface area (Å²) in [7, 11) is 0. The van der Waals surface area contributed by atoms with Crippen LogP contribution >= 0.6 is 0 Å². The van der Waals surface area contributed by atoms with E-state index in [0.717, 1.165) is 36.8 Å². The zero-order chi connectivity index (χ0) is 18.5. The molecule has 2 aromatic heterocycles. The van der Waals surface area contributed by atoms with Crippen LogP contribution in [0.25, 0.3) is 11.0 Å². The molecular weight excluding hydrogens is 336 g/mol. The fourth-order valence-electron chi connectivity index (χ4n) is 3.72. The minimum absolute atomic E-state index is 0.472. The first-order valence-corrected chi connectivity index (χ1v) is 10.1. The predicted octanol–water partition coefficient (Wildman–Crippen LogP) is 4.32. The number of ether oxygens (including phenoxy) is 1. The number of fused-ring (bicyclic) bond motifs is 1. The number of rotatable bonds is 8. The number of nitrogens with zero attached hydrogens (tertiary/aromatic N) is 3. The summed E-state index contributed by atoms with van der Waals surface area (Å²) in [4.78, 5) is 14.8. The van der Waals surface area contributed by atoms with Gasteiger partial charge in [-0.1, -0.05) is 37.6 Å². The average molecular weight is 364 g/mol. The third-order valence-electron chi connectivity index (χ3n) is 5.19. The Labute approximate surface area is 160 Å². The molecule has 1 N–H and O–H groups in total. The van der Waals surface area contributed by atoms with E-state index < -0.39 is 0 Å². The highest BCUT2D eigenvalue weighted by atomic mass is 16.5. The molecule has 0 unspecified atom stereocenters. The maximum absolute atomic E-state index is 5.68. The molecule has 142 valence electrons. The quantitative estimate of drug-likeness (QED) is 0.605. The molecule has 0 bridgehead atoms. The Morgan fingerprint density at radius 1 is 1.19 bits per heavy atom. The Balaban J connectivity index is 1.49. The van der Waals surface area contributed by atoms with Crippen LogP contribution in [0.2, 0.25) is 0 Å². The highest BCUT2D eigenvalue weighted by molar-refractivity contribution is 5.78. The first-order valence-electron chi connectivity index (χ1n) is 10.1. The standard InChI is InChI=1S/C22H28N4O/c1-2-3-11-27-22-24-15-20-21(25-22)19(14-23-20)13-17-7-6-8-18(12-17)16-26-9-4-5-10-26/h6-8,12,14-15,23H,2-5,9-11,13,16H2,1H3. The lowest BCUT2D eigenvalue weighted by Gasteiger charge is -2.15. The lowest BCUT2D eigenvalue weighted by Crippen LogP contribution is -2.18. The molecule has 1 aliphatic rings. The second-order valence-electron chi connectivity index (χ2n) is 7.41. The number of unbranched alkanes of at least 4 members (excludes halogenated alkanes) is 1. The number of benzene rings is 1. The first-order chi connectivity index (χ1) is 13.3. The molecule has 4 rings (SSSR count). The van der Waals surface area contributed by atoms with Crippen LogP contribution in [0, 0.1) is 0 Å². The molecule has 5 nitrogen and oxygen atoms in total. The molecule has 0 aliphatic carbocycles. The lowest BCUT2D eigenvalue weighted by atomic mass is 10.0. The fraction of sp³-hybridized carbons (Fsp3) is 0.455. The molecule has 1 saturated heterocycles. The molecule has 0 spiro atoms. The Morgan fingerprint density at radius 2 is 2.04 bits per heavy atom. The van der Waals surface area contributed by atoms with Crippen LogP contribution < -0.4 is 4.74 Å². The van der Waals surface area contributed by atoms with Gasteiger partial charge in [0.05, 0.1) is 23.8 Å². The summed E-state index contributed by atoms with van der Waals surface area (Å²) in [6, 6.07) is 9.41. The van der Waals surface area contributed by atoms with E-state index in [0.29, 0.717) is 12.6 Å². The topological polar surface area (TPSA) is 54.0 Å². The monoisotopic (exact) mass is 364 g/mol. The minimum Gasteiger partial charge on any atom is -0.463 e. The molecule has 27 heavy (non-hydrogen) atoms. The molecule has 0 amide bonds. The maximum Gasteiger partial charge on any atom is 0.317 e. The molecule has 0 saturated carbocycles. The van der Waals surface area contributed by atoms with Crippen molar-refractivity contribution in [2.24, 2.45) is 0 Å². The molecular formula is C22H28N4O. The summed E-state index contributed by atoms with van der Waals surface area (Å²) >= 11 is 0. The average Bonchev–Trinajstić information content (AvgIpc) is 3.33. The van der Waals surface area contributed by atoms with Crippen LogP contribution in [0.5, 0.6) is 6.01 Å². The summed E-state index contributed by atoms with van der Waals surface area (Å²) < 4.78 is 5.68. The van der Waals surface area contributed by atoms with E-state index in [-0.39, 0.29) is 0 Å². The molecule has 0 atom stereocenters. The summed E-state index contributed by atoms with van der Waals surface area (Å²) in [6.07, 6.45) is 9.50. The number of nitrogens with one attached hydrogen (secondary N) is 1. The van der Waals surface area contributed by atoms with Crippen LogP contribution in [0.3, 0.4) is 0 Å². The third kappa shape index (κ3) is 4.48. The van der Waals surface area contributed by atoms with Crippen molar-refractivity contribution in [2.75, 3.05) is 19.7 Å². The van der Waals surface area contributed by atoms with E-state index >= 15 is 0 Å². The predicted molar refractivity (Wildman–Crippen MR) is 108 cm³/mol. The third-order valence-corrected chi connectivity index (χ3v) is 5.19. The summed E-state index contributed by atoms with van der Waals surface area (Å²) in [5.74, 6) is 0. The van der Waals surface area contributed by atoms with Crippen molar-refractivity contribution in [1.29, 1.82) is 0 Å². The van der Waals surface area contributed by atoms with Crippen molar-refractivity contribution >= 4 is 11.0 Å². The molecule has 3 aromatic rings. The summed E-state index contributed by atoms with van der Waals surface area (Å²) in [5.41, 5.74) is 5.82. The van der Waals surface area contributed by atoms with Crippen molar-refractivity contribution < 1.29 is 4.74 Å². The van der Waals surface area contributed by atoms with Crippen LogP contribution in [-0.2, 0) is 13.0 Å². The normalized spacial score (nSPS) is 14.9. The van der Waals surface area contributed by atoms with Crippen molar-refractivity contribution in [3.8, 4) is 6.01 Å². The number of aromatic amines is 1. The Bertz CT molecular complexity index is 883. The fourth-order valence-corrected chi connectivity index (χ4v) is 3.72. The number of likely N-dealkylation sites (tertiary alicyclic amines) is 1. The van der Waals surface area contributed by atoms with E-state index in [9.17, 15) is 0 Å². The van der Waals surface area contributed by atoms with Gasteiger partial charge in [0, 0.05) is 24.7 Å². The van der Waals surface area contributed by atoms with Gasteiger partial charge in [0.2, 0.25) is 0 Å². The SMILES string of the molecule is CCCCOc1ncc2[nH]cc(Cc3cccc(CN4CCCC4)c3)c2n1. The van der Waals surface area contributed by atoms with Gasteiger partial charge in [-0.15, -0.1) is 0 Å². The van der Waals surface area contributed by atoms with Crippen molar-refractivity contribution in [3.63, 3.8) is 0 Å². The molecule has 0 radical (unpaired) electrons. The maximum atomic E-state index is 5.68. The number of hydrogen-bond donors (Lipinski definition) is 1. The highest BCUT2D eigenvalue weighted by Crippen LogP contribution is 2.22. The van der Waals surface area contributed by atoms with Crippen molar-refractivity contribution in [2.45, 2.75) is 45.6 Å². The van der Waals surface area contributed by atoms with Crippen LogP contribution in [0.4, 0.5) is 0 Å². The van der Waals surface area contributed by atoms with E-state index in [2.05, 4.69) is 51.0 Å². The van der Waals surface area contributed by atoms with Crippen molar-refractivity contribution in [1.82, 2.24) is 19.9 Å². The Hall–Kier alpha value is -2.40. The van der Waals surface area contributed by atoms with Gasteiger partial charge in [-0.2, -0.15) is 4.98 Å². The number of hydrogen-bond acceptors (Lipinski definition) is 4. The Kier molecular flexibility index (Phi) is 5.68. The van der Waals surface area contributed by atoms with E-state index in [1.54, 1.807) is 0 Å². The molecule has 3 heterocycles. The number of aromatic nitrogens is 3. The van der Waals surface area contributed by atoms with Crippen LogP contribution in [0.15, 0.2) is 36.7 Å². The lowest BCUT2D eigenvalue weighted by molar-refractivity contribution is 0.286. The van der Waals surface area contributed by atoms with Gasteiger partial charge < -0.3 is 9.72 Å². The number of H-pyrrole nitrogens is 1. The van der Waals surface area contributed by atoms with Crippen LogP contribution in [0.1, 0.15) is 49.3 Å². The van der Waals surface area contributed by atoms with E-state index in [1.165, 1.54) is 42.6 Å². The minimum atomic E-state index is 0.472. The molecule has 1 aromatic carbocycles. The summed E-state index contributed by atoms with van der Waals surface area (Å²) in [5, 5.41) is 0. The van der Waals surface area contributed by atoms with Gasteiger partial charge in [-0.3, -0.25) is 4.90 Å². The molecule has 5 heteroatoms. The van der Waals surface area contributed by atoms with E-state index in [1.807, 2.05) is 12.4 Å². The molecule has 1 fully saturated rings. The largest absolute Gasteiger partial charge is 0.463 e. The van der Waals surface area contributed by atoms with Gasteiger partial charge in [0.15, 0.2) is 0 Å². The van der Waals surface area contributed by atoms with Crippen molar-refractivity contribution in [3.05, 3.63) is 53.3 Å². The van der Waals surface area contributed by atoms with Gasteiger partial charge >= 0.3 is 6.01 Å². The smallest absolute Gasteiger partial charge is 0.317 e. The second-order valence-corrected chi connectivity index (χ2v) is 7.41. The highest BCUT2D eigenvalue weighted by Gasteiger charge is 2.13.